The number of benzene rings is 1. The van der Waals surface area contributed by atoms with Gasteiger partial charge in [0, 0.05) is 18.5 Å². The van der Waals surface area contributed by atoms with Crippen LogP contribution in [-0.2, 0) is 4.74 Å². The Bertz CT molecular complexity index is 606. The number of aromatic nitrogens is 1. The van der Waals surface area contributed by atoms with Gasteiger partial charge >= 0.3 is 5.97 Å². The summed E-state index contributed by atoms with van der Waals surface area (Å²) in [5.41, 5.74) is 1.46. The quantitative estimate of drug-likeness (QED) is 0.783. The second kappa shape index (κ2) is 6.37. The number of carbonyl (C=O) groups excluding carboxylic acids is 1. The molecule has 4 nitrogen and oxygen atoms in total. The van der Waals surface area contributed by atoms with Crippen LogP contribution in [0.3, 0.4) is 0 Å². The average molecular weight is 272 g/mol. The molecule has 0 spiro atoms. The zero-order valence-electron chi connectivity index (χ0n) is 12.2. The minimum absolute atomic E-state index is 0.290. The number of esters is 1. The van der Waals surface area contributed by atoms with E-state index in [0.717, 1.165) is 29.8 Å². The van der Waals surface area contributed by atoms with Crippen molar-refractivity contribution in [2.45, 2.75) is 20.8 Å². The molecule has 0 radical (unpaired) electrons. The van der Waals surface area contributed by atoms with E-state index in [1.165, 1.54) is 0 Å². The first-order valence-electron chi connectivity index (χ1n) is 7.02. The van der Waals surface area contributed by atoms with Crippen LogP contribution < -0.4 is 4.90 Å². The topological polar surface area (TPSA) is 42.4 Å². The molecule has 106 valence electrons. The SMILES string of the molecule is CCOC(=O)c1ccc2nc(N(CC)CC)ccc2c1. The van der Waals surface area contributed by atoms with Crippen molar-refractivity contribution in [3.8, 4) is 0 Å². The van der Waals surface area contributed by atoms with Crippen LogP contribution in [0, 0.1) is 0 Å². The van der Waals surface area contributed by atoms with E-state index in [9.17, 15) is 4.79 Å². The number of hydrogen-bond acceptors (Lipinski definition) is 4. The summed E-state index contributed by atoms with van der Waals surface area (Å²) in [4.78, 5) is 18.5. The lowest BCUT2D eigenvalue weighted by Gasteiger charge is -2.19. The maximum Gasteiger partial charge on any atom is 0.338 e. The van der Waals surface area contributed by atoms with E-state index < -0.39 is 0 Å². The highest BCUT2D eigenvalue weighted by Gasteiger charge is 2.09. The summed E-state index contributed by atoms with van der Waals surface area (Å²) in [7, 11) is 0. The summed E-state index contributed by atoms with van der Waals surface area (Å²) < 4.78 is 5.01. The Kier molecular flexibility index (Phi) is 4.56. The molecule has 0 aliphatic heterocycles. The Morgan fingerprint density at radius 3 is 2.55 bits per heavy atom. The van der Waals surface area contributed by atoms with Crippen LogP contribution in [0.2, 0.25) is 0 Å². The molecule has 1 aromatic carbocycles. The fraction of sp³-hybridized carbons (Fsp3) is 0.375. The molecule has 0 saturated carbocycles. The summed E-state index contributed by atoms with van der Waals surface area (Å²) in [5, 5.41) is 0.950. The lowest BCUT2D eigenvalue weighted by molar-refractivity contribution is 0.0526. The minimum atomic E-state index is -0.290. The molecule has 2 aromatic rings. The Labute approximate surface area is 119 Å². The smallest absolute Gasteiger partial charge is 0.338 e. The molecule has 0 unspecified atom stereocenters. The van der Waals surface area contributed by atoms with Crippen LogP contribution in [0.1, 0.15) is 31.1 Å². The van der Waals surface area contributed by atoms with Crippen molar-refractivity contribution in [1.29, 1.82) is 0 Å². The van der Waals surface area contributed by atoms with Crippen molar-refractivity contribution >= 4 is 22.7 Å². The minimum Gasteiger partial charge on any atom is -0.462 e. The van der Waals surface area contributed by atoms with Crippen LogP contribution in [0.25, 0.3) is 10.9 Å². The van der Waals surface area contributed by atoms with Crippen molar-refractivity contribution in [3.05, 3.63) is 35.9 Å². The van der Waals surface area contributed by atoms with Gasteiger partial charge in [-0.25, -0.2) is 9.78 Å². The number of hydrogen-bond donors (Lipinski definition) is 0. The highest BCUT2D eigenvalue weighted by molar-refractivity contribution is 5.94. The second-order valence-electron chi connectivity index (χ2n) is 4.47. The van der Waals surface area contributed by atoms with Crippen molar-refractivity contribution in [3.63, 3.8) is 0 Å². The van der Waals surface area contributed by atoms with E-state index >= 15 is 0 Å². The molecule has 0 atom stereocenters. The lowest BCUT2D eigenvalue weighted by Crippen LogP contribution is -2.22. The summed E-state index contributed by atoms with van der Waals surface area (Å²) >= 11 is 0. The normalized spacial score (nSPS) is 10.6. The van der Waals surface area contributed by atoms with Crippen molar-refractivity contribution in [2.24, 2.45) is 0 Å². The Hall–Kier alpha value is -2.10. The Morgan fingerprint density at radius 2 is 1.90 bits per heavy atom. The zero-order valence-corrected chi connectivity index (χ0v) is 12.2. The summed E-state index contributed by atoms with van der Waals surface area (Å²) in [5.74, 6) is 0.675. The van der Waals surface area contributed by atoms with Gasteiger partial charge in [0.05, 0.1) is 17.7 Å². The number of ether oxygens (including phenoxy) is 1. The number of carbonyl (C=O) groups is 1. The molecule has 0 aliphatic rings. The largest absolute Gasteiger partial charge is 0.462 e. The molecular formula is C16H20N2O2. The highest BCUT2D eigenvalue weighted by Crippen LogP contribution is 2.19. The molecule has 2 rings (SSSR count). The molecular weight excluding hydrogens is 252 g/mol. The standard InChI is InChI=1S/C16H20N2O2/c1-4-18(5-2)15-10-8-12-11-13(16(19)20-6-3)7-9-14(12)17-15/h7-11H,4-6H2,1-3H3. The van der Waals surface area contributed by atoms with Gasteiger partial charge in [-0.1, -0.05) is 0 Å². The molecule has 0 aliphatic carbocycles. The zero-order chi connectivity index (χ0) is 14.5. The fourth-order valence-electron chi connectivity index (χ4n) is 2.18. The van der Waals surface area contributed by atoms with Crippen LogP contribution >= 0.6 is 0 Å². The highest BCUT2D eigenvalue weighted by atomic mass is 16.5. The van der Waals surface area contributed by atoms with E-state index in [-0.39, 0.29) is 5.97 Å². The third-order valence-electron chi connectivity index (χ3n) is 3.27. The molecule has 0 saturated heterocycles. The number of rotatable bonds is 5. The van der Waals surface area contributed by atoms with Gasteiger partial charge in [0.25, 0.3) is 0 Å². The maximum atomic E-state index is 11.7. The van der Waals surface area contributed by atoms with Gasteiger partial charge in [0.1, 0.15) is 5.82 Å². The van der Waals surface area contributed by atoms with Crippen LogP contribution in [0.5, 0.6) is 0 Å². The number of fused-ring (bicyclic) bond motifs is 1. The molecule has 0 bridgehead atoms. The van der Waals surface area contributed by atoms with Gasteiger partial charge in [0.15, 0.2) is 0 Å². The van der Waals surface area contributed by atoms with Gasteiger partial charge in [-0.15, -0.1) is 0 Å². The average Bonchev–Trinajstić information content (AvgIpc) is 2.48. The predicted molar refractivity (Wildman–Crippen MR) is 81.3 cm³/mol. The van der Waals surface area contributed by atoms with Crippen LogP contribution in [0.15, 0.2) is 30.3 Å². The maximum absolute atomic E-state index is 11.7. The summed E-state index contributed by atoms with van der Waals surface area (Å²) in [6.45, 7) is 8.26. The third kappa shape index (κ3) is 2.90. The van der Waals surface area contributed by atoms with E-state index in [4.69, 9.17) is 4.74 Å². The molecule has 4 heteroatoms. The summed E-state index contributed by atoms with van der Waals surface area (Å²) in [6.07, 6.45) is 0. The first-order valence-corrected chi connectivity index (χ1v) is 7.02. The molecule has 20 heavy (non-hydrogen) atoms. The van der Waals surface area contributed by atoms with E-state index in [2.05, 4.69) is 23.7 Å². The van der Waals surface area contributed by atoms with E-state index in [0.29, 0.717) is 12.2 Å². The monoisotopic (exact) mass is 272 g/mol. The first-order chi connectivity index (χ1) is 9.69. The Balaban J connectivity index is 2.36. The molecule has 0 amide bonds. The lowest BCUT2D eigenvalue weighted by atomic mass is 10.1. The molecule has 1 heterocycles. The third-order valence-corrected chi connectivity index (χ3v) is 3.27. The van der Waals surface area contributed by atoms with Crippen LogP contribution in [-0.4, -0.2) is 30.6 Å². The number of anilines is 1. The van der Waals surface area contributed by atoms with Gasteiger partial charge in [0.2, 0.25) is 0 Å². The van der Waals surface area contributed by atoms with Gasteiger partial charge in [-0.3, -0.25) is 0 Å². The van der Waals surface area contributed by atoms with Gasteiger partial charge in [-0.2, -0.15) is 0 Å². The second-order valence-corrected chi connectivity index (χ2v) is 4.47. The van der Waals surface area contributed by atoms with Crippen LogP contribution in [0.4, 0.5) is 5.82 Å². The molecule has 0 N–H and O–H groups in total. The Morgan fingerprint density at radius 1 is 1.15 bits per heavy atom. The molecule has 0 fully saturated rings. The first kappa shape index (κ1) is 14.3. The predicted octanol–water partition coefficient (Wildman–Crippen LogP) is 3.26. The fourth-order valence-corrected chi connectivity index (χ4v) is 2.18. The van der Waals surface area contributed by atoms with Gasteiger partial charge < -0.3 is 9.64 Å². The van der Waals surface area contributed by atoms with E-state index in [1.54, 1.807) is 13.0 Å². The van der Waals surface area contributed by atoms with Crippen molar-refractivity contribution in [1.82, 2.24) is 4.98 Å². The number of pyridine rings is 1. The van der Waals surface area contributed by atoms with Gasteiger partial charge in [-0.05, 0) is 51.1 Å². The van der Waals surface area contributed by atoms with Crippen molar-refractivity contribution in [2.75, 3.05) is 24.6 Å². The summed E-state index contributed by atoms with van der Waals surface area (Å²) in [6, 6.07) is 9.45. The molecule has 1 aromatic heterocycles. The van der Waals surface area contributed by atoms with E-state index in [1.807, 2.05) is 24.3 Å². The number of nitrogens with zero attached hydrogens (tertiary/aromatic N) is 2. The van der Waals surface area contributed by atoms with Crippen molar-refractivity contribution < 1.29 is 9.53 Å².